The maximum atomic E-state index is 12.9. The smallest absolute Gasteiger partial charge is 0.238 e. The standard InChI is InChI=1S/C28H32N6O2S/c1-4-5-13-24-32-25-26(21-9-6-7-11-22(21)31-28(25)29)34(24)17-16-18-14-15-19-20(27(18)37(30,35)36)10-8-12-23(19)33(2)3/h6-12,14-15H,4-5,13,16-17H2,1-3H3,(H2,29,31)(H2,30,35,36). The van der Waals surface area contributed by atoms with Crippen LogP contribution in [0.25, 0.3) is 32.7 Å². The SMILES string of the molecule is CCCCc1nc2c(N)nc3ccccc3c2n1CCc1ccc2c(N(C)C)cccc2c1S(N)(=O)=O. The van der Waals surface area contributed by atoms with Crippen molar-refractivity contribution in [1.29, 1.82) is 0 Å². The average Bonchev–Trinajstić information content (AvgIpc) is 3.23. The molecule has 2 aromatic heterocycles. The maximum Gasteiger partial charge on any atom is 0.238 e. The molecule has 0 fully saturated rings. The van der Waals surface area contributed by atoms with Gasteiger partial charge in [-0.3, -0.25) is 0 Å². The van der Waals surface area contributed by atoms with Gasteiger partial charge in [0.1, 0.15) is 11.3 Å². The highest BCUT2D eigenvalue weighted by molar-refractivity contribution is 7.89. The highest BCUT2D eigenvalue weighted by atomic mass is 32.2. The topological polar surface area (TPSA) is 120 Å². The number of sulfonamides is 1. The Morgan fingerprint density at radius 3 is 2.41 bits per heavy atom. The van der Waals surface area contributed by atoms with E-state index in [1.807, 2.05) is 73.6 Å². The number of fused-ring (bicyclic) bond motifs is 4. The van der Waals surface area contributed by atoms with Crippen LogP contribution in [0.3, 0.4) is 0 Å². The zero-order chi connectivity index (χ0) is 26.3. The van der Waals surface area contributed by atoms with Gasteiger partial charge in [-0.05, 0) is 30.5 Å². The van der Waals surface area contributed by atoms with Crippen molar-refractivity contribution in [3.05, 3.63) is 66.0 Å². The van der Waals surface area contributed by atoms with Crippen molar-refractivity contribution < 1.29 is 8.42 Å². The summed E-state index contributed by atoms with van der Waals surface area (Å²) >= 11 is 0. The van der Waals surface area contributed by atoms with Crippen LogP contribution in [-0.4, -0.2) is 37.0 Å². The van der Waals surface area contributed by atoms with Crippen LogP contribution in [0, 0.1) is 0 Å². The van der Waals surface area contributed by atoms with Crippen molar-refractivity contribution >= 4 is 54.2 Å². The lowest BCUT2D eigenvalue weighted by molar-refractivity contribution is 0.595. The van der Waals surface area contributed by atoms with Gasteiger partial charge in [-0.25, -0.2) is 23.5 Å². The van der Waals surface area contributed by atoms with Gasteiger partial charge in [-0.2, -0.15) is 0 Å². The number of unbranched alkanes of at least 4 members (excludes halogenated alkanes) is 1. The van der Waals surface area contributed by atoms with Crippen molar-refractivity contribution in [2.75, 3.05) is 24.7 Å². The molecule has 3 aromatic carbocycles. The van der Waals surface area contributed by atoms with E-state index in [0.29, 0.717) is 35.2 Å². The fraction of sp³-hybridized carbons (Fsp3) is 0.286. The molecule has 37 heavy (non-hydrogen) atoms. The van der Waals surface area contributed by atoms with E-state index >= 15 is 0 Å². The van der Waals surface area contributed by atoms with Crippen LogP contribution in [0.2, 0.25) is 0 Å². The number of nitrogens with two attached hydrogens (primary N) is 2. The number of benzene rings is 3. The molecule has 2 heterocycles. The lowest BCUT2D eigenvalue weighted by Gasteiger charge is -2.19. The first-order chi connectivity index (χ1) is 17.7. The highest BCUT2D eigenvalue weighted by Crippen LogP contribution is 2.34. The van der Waals surface area contributed by atoms with Gasteiger partial charge in [0.15, 0.2) is 5.82 Å². The number of aryl methyl sites for hydroxylation is 3. The molecule has 0 radical (unpaired) electrons. The minimum absolute atomic E-state index is 0.180. The summed E-state index contributed by atoms with van der Waals surface area (Å²) in [4.78, 5) is 11.6. The van der Waals surface area contributed by atoms with Gasteiger partial charge in [-0.1, -0.05) is 55.8 Å². The zero-order valence-electron chi connectivity index (χ0n) is 21.4. The third-order valence-electron chi connectivity index (χ3n) is 6.88. The molecule has 0 saturated carbocycles. The van der Waals surface area contributed by atoms with E-state index in [1.54, 1.807) is 0 Å². The van der Waals surface area contributed by atoms with Gasteiger partial charge in [0.25, 0.3) is 0 Å². The number of imidazole rings is 1. The number of hydrogen-bond donors (Lipinski definition) is 2. The van der Waals surface area contributed by atoms with Gasteiger partial charge in [-0.15, -0.1) is 0 Å². The highest BCUT2D eigenvalue weighted by Gasteiger charge is 2.22. The second-order valence-electron chi connectivity index (χ2n) is 9.61. The normalized spacial score (nSPS) is 12.1. The third-order valence-corrected chi connectivity index (χ3v) is 7.94. The molecule has 0 aliphatic heterocycles. The molecule has 0 unspecified atom stereocenters. The van der Waals surface area contributed by atoms with E-state index < -0.39 is 10.0 Å². The van der Waals surface area contributed by atoms with Gasteiger partial charge >= 0.3 is 0 Å². The number of primary sulfonamides is 1. The van der Waals surface area contributed by atoms with Crippen LogP contribution in [-0.2, 0) is 29.4 Å². The first-order valence-corrected chi connectivity index (χ1v) is 14.0. The fourth-order valence-electron chi connectivity index (χ4n) is 5.19. The Morgan fingerprint density at radius 2 is 1.68 bits per heavy atom. The van der Waals surface area contributed by atoms with E-state index in [0.717, 1.165) is 52.6 Å². The summed E-state index contributed by atoms with van der Waals surface area (Å²) in [5, 5.41) is 8.25. The van der Waals surface area contributed by atoms with Crippen molar-refractivity contribution in [1.82, 2.24) is 14.5 Å². The average molecular weight is 517 g/mol. The monoisotopic (exact) mass is 516 g/mol. The molecule has 5 aromatic rings. The van der Waals surface area contributed by atoms with E-state index in [-0.39, 0.29) is 4.90 Å². The molecule has 9 heteroatoms. The Labute approximate surface area is 217 Å². The fourth-order valence-corrected chi connectivity index (χ4v) is 6.21. The summed E-state index contributed by atoms with van der Waals surface area (Å²) in [6.45, 7) is 2.68. The molecular formula is C28H32N6O2S. The molecule has 0 aliphatic carbocycles. The third kappa shape index (κ3) is 4.49. The number of aromatic nitrogens is 3. The predicted molar refractivity (Wildman–Crippen MR) is 151 cm³/mol. The van der Waals surface area contributed by atoms with Crippen LogP contribution in [0.15, 0.2) is 59.5 Å². The Kier molecular flexibility index (Phi) is 6.51. The second-order valence-corrected chi connectivity index (χ2v) is 11.1. The lowest BCUT2D eigenvalue weighted by Crippen LogP contribution is -2.17. The first-order valence-electron chi connectivity index (χ1n) is 12.5. The van der Waals surface area contributed by atoms with Gasteiger partial charge in [0.2, 0.25) is 10.0 Å². The molecule has 5 rings (SSSR count). The number of nitrogens with zero attached hydrogens (tertiary/aromatic N) is 4. The van der Waals surface area contributed by atoms with Crippen molar-refractivity contribution in [3.63, 3.8) is 0 Å². The second kappa shape index (κ2) is 9.64. The van der Waals surface area contributed by atoms with E-state index in [1.165, 1.54) is 0 Å². The van der Waals surface area contributed by atoms with E-state index in [4.69, 9.17) is 15.9 Å². The number of rotatable bonds is 8. The Balaban J connectivity index is 1.67. The van der Waals surface area contributed by atoms with Crippen LogP contribution in [0.5, 0.6) is 0 Å². The van der Waals surface area contributed by atoms with Gasteiger partial charge in [0.05, 0.1) is 15.9 Å². The van der Waals surface area contributed by atoms with Crippen LogP contribution in [0.1, 0.15) is 31.2 Å². The first kappa shape index (κ1) is 25.0. The molecule has 0 aliphatic rings. The number of hydrogen-bond acceptors (Lipinski definition) is 6. The van der Waals surface area contributed by atoms with Gasteiger partial charge < -0.3 is 15.2 Å². The van der Waals surface area contributed by atoms with Crippen molar-refractivity contribution in [3.8, 4) is 0 Å². The lowest BCUT2D eigenvalue weighted by atomic mass is 10.0. The number of anilines is 2. The molecule has 0 bridgehead atoms. The largest absolute Gasteiger partial charge is 0.382 e. The van der Waals surface area contributed by atoms with Crippen molar-refractivity contribution in [2.24, 2.45) is 5.14 Å². The van der Waals surface area contributed by atoms with Gasteiger partial charge in [0, 0.05) is 48.9 Å². The predicted octanol–water partition coefficient (Wildman–Crippen LogP) is 4.62. The van der Waals surface area contributed by atoms with Crippen LogP contribution < -0.4 is 15.8 Å². The number of para-hydroxylation sites is 1. The summed E-state index contributed by atoms with van der Waals surface area (Å²) in [7, 11) is -0.102. The molecule has 0 saturated heterocycles. The van der Waals surface area contributed by atoms with E-state index in [2.05, 4.69) is 16.5 Å². The van der Waals surface area contributed by atoms with Crippen LogP contribution >= 0.6 is 0 Å². The van der Waals surface area contributed by atoms with Crippen molar-refractivity contribution in [2.45, 2.75) is 44.0 Å². The molecule has 8 nitrogen and oxygen atoms in total. The zero-order valence-corrected chi connectivity index (χ0v) is 22.2. The summed E-state index contributed by atoms with van der Waals surface area (Å²) in [6, 6.07) is 17.4. The number of pyridine rings is 1. The summed E-state index contributed by atoms with van der Waals surface area (Å²) in [6.07, 6.45) is 3.28. The maximum absolute atomic E-state index is 12.9. The Bertz CT molecular complexity index is 1740. The minimum Gasteiger partial charge on any atom is -0.382 e. The molecular weight excluding hydrogens is 484 g/mol. The molecule has 4 N–H and O–H groups in total. The Morgan fingerprint density at radius 1 is 0.919 bits per heavy atom. The summed E-state index contributed by atoms with van der Waals surface area (Å²) in [5.41, 5.74) is 10.4. The van der Waals surface area contributed by atoms with Crippen LogP contribution in [0.4, 0.5) is 11.5 Å². The minimum atomic E-state index is -3.98. The van der Waals surface area contributed by atoms with E-state index in [9.17, 15) is 8.42 Å². The quantitative estimate of drug-likeness (QED) is 0.311. The molecule has 0 amide bonds. The summed E-state index contributed by atoms with van der Waals surface area (Å²) < 4.78 is 27.9. The molecule has 192 valence electrons. The molecule has 0 atom stereocenters. The molecule has 0 spiro atoms. The number of nitrogen functional groups attached to an aromatic ring is 1. The summed E-state index contributed by atoms with van der Waals surface area (Å²) in [5.74, 6) is 1.33. The Hall–Kier alpha value is -3.69.